The van der Waals surface area contributed by atoms with Crippen LogP contribution in [0.3, 0.4) is 0 Å². The Bertz CT molecular complexity index is 471. The van der Waals surface area contributed by atoms with Crippen molar-refractivity contribution in [1.29, 1.82) is 0 Å². The number of anilines is 1. The first-order valence-corrected chi connectivity index (χ1v) is 7.07. The van der Waals surface area contributed by atoms with E-state index in [2.05, 4.69) is 9.97 Å². The largest absolute Gasteiger partial charge is 0.354 e. The molecule has 0 aromatic carbocycles. The summed E-state index contributed by atoms with van der Waals surface area (Å²) in [7, 11) is -0.760. The first-order chi connectivity index (χ1) is 8.11. The fraction of sp³-hybridized carbons (Fsp3) is 0.500. The molecule has 0 bridgehead atoms. The van der Waals surface area contributed by atoms with Crippen molar-refractivity contribution in [3.8, 4) is 0 Å². The van der Waals surface area contributed by atoms with Gasteiger partial charge in [0.05, 0.1) is 5.56 Å². The van der Waals surface area contributed by atoms with Crippen molar-refractivity contribution in [2.75, 3.05) is 29.5 Å². The molecule has 1 saturated heterocycles. The molecular weight excluding hydrogens is 262 g/mol. The molecule has 2 heterocycles. The van der Waals surface area contributed by atoms with Crippen LogP contribution in [0.5, 0.6) is 0 Å². The van der Waals surface area contributed by atoms with Gasteiger partial charge in [-0.15, -0.1) is 0 Å². The Morgan fingerprint density at radius 3 is 2.59 bits per heavy atom. The van der Waals surface area contributed by atoms with Crippen LogP contribution in [0, 0.1) is 6.92 Å². The van der Waals surface area contributed by atoms with Gasteiger partial charge in [0.1, 0.15) is 16.8 Å². The third-order valence-electron chi connectivity index (χ3n) is 2.59. The lowest BCUT2D eigenvalue weighted by atomic mass is 10.3. The molecule has 0 atom stereocenters. The van der Waals surface area contributed by atoms with Crippen LogP contribution in [-0.4, -0.2) is 45.1 Å². The van der Waals surface area contributed by atoms with Crippen LogP contribution in [0.15, 0.2) is 0 Å². The number of hydrogen-bond donors (Lipinski definition) is 0. The Kier molecular flexibility index (Phi) is 3.73. The average molecular weight is 274 g/mol. The van der Waals surface area contributed by atoms with Crippen LogP contribution < -0.4 is 4.90 Å². The van der Waals surface area contributed by atoms with Crippen molar-refractivity contribution >= 4 is 34.5 Å². The van der Waals surface area contributed by atoms with Crippen molar-refractivity contribution in [3.05, 3.63) is 16.5 Å². The molecule has 5 nitrogen and oxygen atoms in total. The molecule has 17 heavy (non-hydrogen) atoms. The molecule has 0 radical (unpaired) electrons. The fourth-order valence-corrected chi connectivity index (χ4v) is 3.03. The molecule has 1 aromatic heterocycles. The Morgan fingerprint density at radius 1 is 1.35 bits per heavy atom. The fourth-order valence-electron chi connectivity index (χ4n) is 1.73. The molecular formula is C10H12ClN3O2S. The van der Waals surface area contributed by atoms with Gasteiger partial charge in [-0.3, -0.25) is 9.00 Å². The molecule has 0 amide bonds. The summed E-state index contributed by atoms with van der Waals surface area (Å²) in [5.74, 6) is 2.27. The summed E-state index contributed by atoms with van der Waals surface area (Å²) in [6.45, 7) is 2.98. The van der Waals surface area contributed by atoms with Gasteiger partial charge >= 0.3 is 0 Å². The zero-order valence-electron chi connectivity index (χ0n) is 9.35. The van der Waals surface area contributed by atoms with Crippen LogP contribution in [0.4, 0.5) is 5.82 Å². The highest BCUT2D eigenvalue weighted by molar-refractivity contribution is 7.85. The van der Waals surface area contributed by atoms with E-state index in [1.54, 1.807) is 6.92 Å². The number of aldehydes is 1. The predicted molar refractivity (Wildman–Crippen MR) is 67.3 cm³/mol. The first kappa shape index (κ1) is 12.4. The van der Waals surface area contributed by atoms with Crippen LogP contribution >= 0.6 is 11.6 Å². The van der Waals surface area contributed by atoms with E-state index < -0.39 is 10.8 Å². The maximum absolute atomic E-state index is 11.3. The molecule has 2 rings (SSSR count). The van der Waals surface area contributed by atoms with Crippen molar-refractivity contribution in [3.63, 3.8) is 0 Å². The summed E-state index contributed by atoms with van der Waals surface area (Å²) < 4.78 is 11.3. The quantitative estimate of drug-likeness (QED) is 0.590. The molecule has 0 N–H and O–H groups in total. The summed E-state index contributed by atoms with van der Waals surface area (Å²) >= 11 is 5.91. The lowest BCUT2D eigenvalue weighted by Gasteiger charge is -2.28. The second kappa shape index (κ2) is 5.10. The SMILES string of the molecule is Cc1nc(Cl)c(C=O)c(N2CCS(=O)CC2)n1. The third kappa shape index (κ3) is 2.63. The van der Waals surface area contributed by atoms with E-state index >= 15 is 0 Å². The molecule has 1 fully saturated rings. The molecule has 0 saturated carbocycles. The molecule has 1 aliphatic heterocycles. The van der Waals surface area contributed by atoms with Gasteiger partial charge in [0.2, 0.25) is 0 Å². The van der Waals surface area contributed by atoms with Gasteiger partial charge in [-0.2, -0.15) is 0 Å². The number of aryl methyl sites for hydroxylation is 1. The van der Waals surface area contributed by atoms with E-state index in [1.165, 1.54) is 0 Å². The van der Waals surface area contributed by atoms with Crippen molar-refractivity contribution in [2.24, 2.45) is 0 Å². The van der Waals surface area contributed by atoms with Gasteiger partial charge in [-0.25, -0.2) is 9.97 Å². The lowest BCUT2D eigenvalue weighted by molar-refractivity contribution is 0.112. The normalized spacial score (nSPS) is 17.2. The number of aromatic nitrogens is 2. The van der Waals surface area contributed by atoms with Crippen molar-refractivity contribution in [2.45, 2.75) is 6.92 Å². The number of nitrogens with zero attached hydrogens (tertiary/aromatic N) is 3. The van der Waals surface area contributed by atoms with Crippen molar-refractivity contribution in [1.82, 2.24) is 9.97 Å². The Morgan fingerprint density at radius 2 is 2.00 bits per heavy atom. The van der Waals surface area contributed by atoms with Crippen LogP contribution in [0.2, 0.25) is 5.15 Å². The number of hydrogen-bond acceptors (Lipinski definition) is 5. The van der Waals surface area contributed by atoms with Gasteiger partial charge < -0.3 is 4.90 Å². The summed E-state index contributed by atoms with van der Waals surface area (Å²) in [5, 5.41) is 0.175. The number of carbonyl (C=O) groups is 1. The summed E-state index contributed by atoms with van der Waals surface area (Å²) in [5.41, 5.74) is 0.310. The molecule has 1 aliphatic rings. The summed E-state index contributed by atoms with van der Waals surface area (Å²) in [6.07, 6.45) is 0.669. The van der Waals surface area contributed by atoms with E-state index in [9.17, 15) is 9.00 Å². The van der Waals surface area contributed by atoms with Crippen LogP contribution in [0.1, 0.15) is 16.2 Å². The molecule has 0 spiro atoms. The predicted octanol–water partition coefficient (Wildman–Crippen LogP) is 0.820. The lowest BCUT2D eigenvalue weighted by Crippen LogP contribution is -2.39. The van der Waals surface area contributed by atoms with E-state index in [4.69, 9.17) is 11.6 Å². The second-order valence-electron chi connectivity index (χ2n) is 3.75. The molecule has 0 aliphatic carbocycles. The maximum atomic E-state index is 11.3. The zero-order valence-corrected chi connectivity index (χ0v) is 10.9. The minimum absolute atomic E-state index is 0.175. The maximum Gasteiger partial charge on any atom is 0.156 e. The third-order valence-corrected chi connectivity index (χ3v) is 4.15. The van der Waals surface area contributed by atoms with Gasteiger partial charge in [0, 0.05) is 35.4 Å². The van der Waals surface area contributed by atoms with Gasteiger partial charge in [0.25, 0.3) is 0 Å². The van der Waals surface area contributed by atoms with E-state index in [-0.39, 0.29) is 5.15 Å². The Balaban J connectivity index is 2.37. The number of halogens is 1. The number of carbonyl (C=O) groups excluding carboxylic acids is 1. The van der Waals surface area contributed by atoms with Gasteiger partial charge in [-0.1, -0.05) is 11.6 Å². The first-order valence-electron chi connectivity index (χ1n) is 5.21. The summed E-state index contributed by atoms with van der Waals surface area (Å²) in [4.78, 5) is 21.2. The highest BCUT2D eigenvalue weighted by atomic mass is 35.5. The molecule has 0 unspecified atom stereocenters. The minimum Gasteiger partial charge on any atom is -0.354 e. The van der Waals surface area contributed by atoms with Crippen LogP contribution in [-0.2, 0) is 10.8 Å². The van der Waals surface area contributed by atoms with E-state index in [1.807, 2.05) is 4.90 Å². The standard InChI is InChI=1S/C10H12ClN3O2S/c1-7-12-9(11)8(6-15)10(13-7)14-2-4-17(16)5-3-14/h6H,2-5H2,1H3. The van der Waals surface area contributed by atoms with Gasteiger partial charge in [0.15, 0.2) is 6.29 Å². The molecule has 92 valence electrons. The topological polar surface area (TPSA) is 63.2 Å². The highest BCUT2D eigenvalue weighted by Crippen LogP contribution is 2.23. The summed E-state index contributed by atoms with van der Waals surface area (Å²) in [6, 6.07) is 0. The molecule has 1 aromatic rings. The van der Waals surface area contributed by atoms with E-state index in [0.29, 0.717) is 48.1 Å². The number of rotatable bonds is 2. The molecule has 7 heteroatoms. The van der Waals surface area contributed by atoms with Crippen molar-refractivity contribution < 1.29 is 9.00 Å². The zero-order chi connectivity index (χ0) is 12.4. The Labute approximate surface area is 107 Å². The monoisotopic (exact) mass is 273 g/mol. The van der Waals surface area contributed by atoms with Crippen LogP contribution in [0.25, 0.3) is 0 Å². The average Bonchev–Trinajstić information content (AvgIpc) is 2.29. The second-order valence-corrected chi connectivity index (χ2v) is 5.81. The van der Waals surface area contributed by atoms with Gasteiger partial charge in [-0.05, 0) is 6.92 Å². The minimum atomic E-state index is -0.760. The highest BCUT2D eigenvalue weighted by Gasteiger charge is 2.21. The Hall–Kier alpha value is -1.01. The smallest absolute Gasteiger partial charge is 0.156 e. The van der Waals surface area contributed by atoms with E-state index in [0.717, 1.165) is 0 Å².